The Labute approximate surface area is 98.3 Å². The molecule has 17 heavy (non-hydrogen) atoms. The maximum Gasteiger partial charge on any atom is 0.336 e. The molecule has 5 nitrogen and oxygen atoms in total. The lowest BCUT2D eigenvalue weighted by Crippen LogP contribution is -2.37. The van der Waals surface area contributed by atoms with Gasteiger partial charge in [-0.05, 0) is 11.6 Å². The monoisotopic (exact) mass is 235 g/mol. The predicted octanol–water partition coefficient (Wildman–Crippen LogP) is 0.375. The molecule has 1 heterocycles. The summed E-state index contributed by atoms with van der Waals surface area (Å²) in [4.78, 5) is 24.7. The molecule has 0 fully saturated rings. The third kappa shape index (κ3) is 2.20. The first-order chi connectivity index (χ1) is 8.13. The van der Waals surface area contributed by atoms with Gasteiger partial charge in [-0.2, -0.15) is 0 Å². The zero-order chi connectivity index (χ0) is 12.4. The van der Waals surface area contributed by atoms with E-state index in [4.69, 9.17) is 10.2 Å². The van der Waals surface area contributed by atoms with Crippen molar-refractivity contribution in [1.29, 1.82) is 0 Å². The molecule has 0 saturated carbocycles. The van der Waals surface area contributed by atoms with Crippen LogP contribution in [0, 0.1) is 0 Å². The standard InChI is InChI=1S/C12H13NO4/c14-5-4-13-6-8-2-1-3-9(12(16)17)11(8)10(15)7-13/h1-3,14H,4-7H2,(H,16,17). The van der Waals surface area contributed by atoms with Crippen molar-refractivity contribution < 1.29 is 19.8 Å². The number of benzene rings is 1. The van der Waals surface area contributed by atoms with Gasteiger partial charge in [0.1, 0.15) is 0 Å². The van der Waals surface area contributed by atoms with Crippen LogP contribution in [0.1, 0.15) is 26.3 Å². The number of aromatic carboxylic acids is 1. The average Bonchev–Trinajstić information content (AvgIpc) is 2.28. The molecular weight excluding hydrogens is 222 g/mol. The van der Waals surface area contributed by atoms with E-state index >= 15 is 0 Å². The van der Waals surface area contributed by atoms with E-state index in [9.17, 15) is 9.59 Å². The van der Waals surface area contributed by atoms with Gasteiger partial charge < -0.3 is 10.2 Å². The molecule has 0 aliphatic carbocycles. The highest BCUT2D eigenvalue weighted by atomic mass is 16.4. The summed E-state index contributed by atoms with van der Waals surface area (Å²) in [6, 6.07) is 4.84. The Bertz CT molecular complexity index is 470. The highest BCUT2D eigenvalue weighted by Crippen LogP contribution is 2.22. The van der Waals surface area contributed by atoms with Crippen molar-refractivity contribution in [2.24, 2.45) is 0 Å². The summed E-state index contributed by atoms with van der Waals surface area (Å²) in [5.74, 6) is -1.27. The van der Waals surface area contributed by atoms with Gasteiger partial charge >= 0.3 is 5.97 Å². The van der Waals surface area contributed by atoms with Gasteiger partial charge in [-0.1, -0.05) is 12.1 Å². The first kappa shape index (κ1) is 11.8. The SMILES string of the molecule is O=C(O)c1cccc2c1C(=O)CN(CCO)C2. The van der Waals surface area contributed by atoms with Crippen LogP contribution in [0.25, 0.3) is 0 Å². The lowest BCUT2D eigenvalue weighted by Gasteiger charge is -2.27. The van der Waals surface area contributed by atoms with Gasteiger partial charge in [-0.15, -0.1) is 0 Å². The summed E-state index contributed by atoms with van der Waals surface area (Å²) in [6.45, 7) is 1.07. The number of fused-ring (bicyclic) bond motifs is 1. The number of nitrogens with zero attached hydrogens (tertiary/aromatic N) is 1. The molecular formula is C12H13NO4. The Morgan fingerprint density at radius 3 is 2.76 bits per heavy atom. The minimum Gasteiger partial charge on any atom is -0.478 e. The molecule has 90 valence electrons. The van der Waals surface area contributed by atoms with Gasteiger partial charge in [0.2, 0.25) is 0 Å². The molecule has 1 aliphatic rings. The molecule has 0 amide bonds. The number of carbonyl (C=O) groups excluding carboxylic acids is 1. The topological polar surface area (TPSA) is 77.8 Å². The van der Waals surface area contributed by atoms with E-state index in [0.717, 1.165) is 5.56 Å². The second kappa shape index (κ2) is 4.65. The van der Waals surface area contributed by atoms with E-state index in [1.54, 1.807) is 17.0 Å². The van der Waals surface area contributed by atoms with Crippen molar-refractivity contribution in [2.75, 3.05) is 19.7 Å². The van der Waals surface area contributed by atoms with Gasteiger partial charge in [0.25, 0.3) is 0 Å². The number of aliphatic hydroxyl groups is 1. The molecule has 0 atom stereocenters. The van der Waals surface area contributed by atoms with Crippen LogP contribution in [0.3, 0.4) is 0 Å². The first-order valence-electron chi connectivity index (χ1n) is 5.35. The van der Waals surface area contributed by atoms with Crippen LogP contribution in [0.4, 0.5) is 0 Å². The summed E-state index contributed by atoms with van der Waals surface area (Å²) in [5, 5.41) is 17.9. The van der Waals surface area contributed by atoms with Crippen LogP contribution in [0.5, 0.6) is 0 Å². The third-order valence-corrected chi connectivity index (χ3v) is 2.84. The van der Waals surface area contributed by atoms with Crippen molar-refractivity contribution in [3.8, 4) is 0 Å². The summed E-state index contributed by atoms with van der Waals surface area (Å²) in [7, 11) is 0. The van der Waals surface area contributed by atoms with E-state index < -0.39 is 5.97 Å². The fourth-order valence-corrected chi connectivity index (χ4v) is 2.12. The van der Waals surface area contributed by atoms with Crippen LogP contribution in [0.15, 0.2) is 18.2 Å². The van der Waals surface area contributed by atoms with Crippen molar-refractivity contribution in [3.05, 3.63) is 34.9 Å². The smallest absolute Gasteiger partial charge is 0.336 e. The lowest BCUT2D eigenvalue weighted by molar-refractivity contribution is 0.0686. The predicted molar refractivity (Wildman–Crippen MR) is 60.1 cm³/mol. The average molecular weight is 235 g/mol. The number of β-amino-alcohol motifs (C(OH)–C–C–N with tert-alkyl or cyclic N) is 1. The minimum atomic E-state index is -1.08. The normalized spacial score (nSPS) is 15.7. The third-order valence-electron chi connectivity index (χ3n) is 2.84. The zero-order valence-electron chi connectivity index (χ0n) is 9.22. The highest BCUT2D eigenvalue weighted by Gasteiger charge is 2.27. The van der Waals surface area contributed by atoms with Gasteiger partial charge in [0, 0.05) is 18.7 Å². The number of rotatable bonds is 3. The van der Waals surface area contributed by atoms with E-state index in [2.05, 4.69) is 0 Å². The fourth-order valence-electron chi connectivity index (χ4n) is 2.12. The number of hydrogen-bond acceptors (Lipinski definition) is 4. The van der Waals surface area contributed by atoms with Gasteiger partial charge in [0.05, 0.1) is 18.7 Å². The van der Waals surface area contributed by atoms with Gasteiger partial charge in [0.15, 0.2) is 5.78 Å². The molecule has 1 aromatic rings. The highest BCUT2D eigenvalue weighted by molar-refractivity contribution is 6.08. The number of ketones is 1. The maximum atomic E-state index is 11.9. The van der Waals surface area contributed by atoms with Crippen molar-refractivity contribution in [1.82, 2.24) is 4.90 Å². The van der Waals surface area contributed by atoms with Crippen LogP contribution in [-0.2, 0) is 6.54 Å². The molecule has 0 bridgehead atoms. The molecule has 2 rings (SSSR count). The molecule has 1 aromatic carbocycles. The van der Waals surface area contributed by atoms with Crippen LogP contribution >= 0.6 is 0 Å². The van der Waals surface area contributed by atoms with E-state index in [1.807, 2.05) is 0 Å². The Morgan fingerprint density at radius 2 is 2.12 bits per heavy atom. The lowest BCUT2D eigenvalue weighted by atomic mass is 9.93. The molecule has 1 aliphatic heterocycles. The number of carboxylic acids is 1. The Kier molecular flexibility index (Phi) is 3.21. The number of hydrogen-bond donors (Lipinski definition) is 2. The number of carboxylic acid groups (broad SMARTS) is 1. The summed E-state index contributed by atoms with van der Waals surface area (Å²) in [5.41, 5.74) is 1.10. The molecule has 2 N–H and O–H groups in total. The molecule has 0 aromatic heterocycles. The van der Waals surface area contributed by atoms with E-state index in [0.29, 0.717) is 18.7 Å². The van der Waals surface area contributed by atoms with Crippen LogP contribution < -0.4 is 0 Å². The molecule has 5 heteroatoms. The summed E-state index contributed by atoms with van der Waals surface area (Å²) in [6.07, 6.45) is 0. The Morgan fingerprint density at radius 1 is 1.35 bits per heavy atom. The van der Waals surface area contributed by atoms with Crippen LogP contribution in [0.2, 0.25) is 0 Å². The van der Waals surface area contributed by atoms with Crippen molar-refractivity contribution >= 4 is 11.8 Å². The van der Waals surface area contributed by atoms with E-state index in [-0.39, 0.29) is 24.5 Å². The quantitative estimate of drug-likeness (QED) is 0.791. The fraction of sp³-hybridized carbons (Fsp3) is 0.333. The van der Waals surface area contributed by atoms with Gasteiger partial charge in [-0.25, -0.2) is 4.79 Å². The summed E-state index contributed by atoms with van der Waals surface area (Å²) >= 11 is 0. The minimum absolute atomic E-state index is 0.0127. The first-order valence-corrected chi connectivity index (χ1v) is 5.35. The van der Waals surface area contributed by atoms with Crippen LogP contribution in [-0.4, -0.2) is 46.6 Å². The Hall–Kier alpha value is -1.72. The number of carbonyl (C=O) groups is 2. The summed E-state index contributed by atoms with van der Waals surface area (Å²) < 4.78 is 0. The second-order valence-corrected chi connectivity index (χ2v) is 4.00. The zero-order valence-corrected chi connectivity index (χ0v) is 9.22. The maximum absolute atomic E-state index is 11.9. The van der Waals surface area contributed by atoms with E-state index in [1.165, 1.54) is 6.07 Å². The van der Waals surface area contributed by atoms with Crippen molar-refractivity contribution in [3.63, 3.8) is 0 Å². The number of aliphatic hydroxyl groups excluding tert-OH is 1. The second-order valence-electron chi connectivity index (χ2n) is 4.00. The van der Waals surface area contributed by atoms with Gasteiger partial charge in [-0.3, -0.25) is 9.69 Å². The van der Waals surface area contributed by atoms with Crippen molar-refractivity contribution in [2.45, 2.75) is 6.54 Å². The molecule has 0 spiro atoms. The molecule has 0 radical (unpaired) electrons. The largest absolute Gasteiger partial charge is 0.478 e. The number of Topliss-reactive ketones (excluding diaryl/α,β-unsaturated/α-hetero) is 1. The molecule has 0 unspecified atom stereocenters. The Balaban J connectivity index is 2.41. The molecule has 0 saturated heterocycles.